The first kappa shape index (κ1) is 15.3. The van der Waals surface area contributed by atoms with Gasteiger partial charge in [-0.3, -0.25) is 9.78 Å². The Hall–Kier alpha value is -1.58. The minimum Gasteiger partial charge on any atom is -0.382 e. The zero-order valence-corrected chi connectivity index (χ0v) is 13.4. The lowest BCUT2D eigenvalue weighted by Crippen LogP contribution is -2.36. The highest BCUT2D eigenvalue weighted by atomic mass is 16.2. The predicted octanol–water partition coefficient (Wildman–Crippen LogP) is 3.84. The van der Waals surface area contributed by atoms with Gasteiger partial charge in [0.25, 0.3) is 5.91 Å². The normalized spacial score (nSPS) is 20.5. The molecule has 120 valence electrons. The third kappa shape index (κ3) is 3.99. The van der Waals surface area contributed by atoms with Crippen LogP contribution < -0.4 is 5.32 Å². The van der Waals surface area contributed by atoms with Gasteiger partial charge >= 0.3 is 0 Å². The Morgan fingerprint density at radius 1 is 1.05 bits per heavy atom. The van der Waals surface area contributed by atoms with Crippen molar-refractivity contribution >= 4 is 11.6 Å². The Kier molecular flexibility index (Phi) is 5.30. The lowest BCUT2D eigenvalue weighted by Gasteiger charge is -2.26. The number of pyridine rings is 1. The number of piperidine rings is 1. The summed E-state index contributed by atoms with van der Waals surface area (Å²) in [6.07, 6.45) is 13.0. The maximum atomic E-state index is 12.5. The molecule has 1 aliphatic carbocycles. The molecule has 1 amide bonds. The van der Waals surface area contributed by atoms with Gasteiger partial charge < -0.3 is 10.2 Å². The molecular formula is C18H27N3O. The summed E-state index contributed by atoms with van der Waals surface area (Å²) < 4.78 is 0. The van der Waals surface area contributed by atoms with Gasteiger partial charge in [0.2, 0.25) is 0 Å². The number of hydrogen-bond donors (Lipinski definition) is 1. The molecule has 1 aromatic rings. The molecule has 2 fully saturated rings. The van der Waals surface area contributed by atoms with Gasteiger partial charge in [0.05, 0.1) is 0 Å². The van der Waals surface area contributed by atoms with Gasteiger partial charge in [0.15, 0.2) is 0 Å². The highest BCUT2D eigenvalue weighted by Crippen LogP contribution is 2.22. The van der Waals surface area contributed by atoms with E-state index in [1.54, 1.807) is 6.20 Å². The number of anilines is 1. The summed E-state index contributed by atoms with van der Waals surface area (Å²) in [5.74, 6) is 0.0872. The van der Waals surface area contributed by atoms with Crippen molar-refractivity contribution in [2.45, 2.75) is 63.8 Å². The molecule has 1 N–H and O–H groups in total. The second kappa shape index (κ2) is 7.61. The van der Waals surface area contributed by atoms with Crippen LogP contribution >= 0.6 is 0 Å². The summed E-state index contributed by atoms with van der Waals surface area (Å²) in [6.45, 7) is 1.75. The van der Waals surface area contributed by atoms with Crippen LogP contribution in [0.2, 0.25) is 0 Å². The van der Waals surface area contributed by atoms with Crippen LogP contribution in [-0.2, 0) is 0 Å². The minimum atomic E-state index is 0.0872. The van der Waals surface area contributed by atoms with E-state index in [1.807, 2.05) is 17.0 Å². The molecular weight excluding hydrogens is 274 g/mol. The average Bonchev–Trinajstić information content (AvgIpc) is 2.84. The topological polar surface area (TPSA) is 45.2 Å². The largest absolute Gasteiger partial charge is 0.382 e. The standard InChI is InChI=1S/C18H27N3O/c22-18(21-12-6-3-7-13-21)17-14-16(10-11-19-17)20-15-8-4-1-2-5-9-15/h10-11,14-15H,1-9,12-13H2,(H,19,20). The van der Waals surface area contributed by atoms with Crippen LogP contribution in [0.5, 0.6) is 0 Å². The predicted molar refractivity (Wildman–Crippen MR) is 89.1 cm³/mol. The quantitative estimate of drug-likeness (QED) is 0.863. The van der Waals surface area contributed by atoms with Crippen molar-refractivity contribution in [3.05, 3.63) is 24.0 Å². The Morgan fingerprint density at radius 3 is 2.45 bits per heavy atom. The molecule has 4 heteroatoms. The maximum absolute atomic E-state index is 12.5. The van der Waals surface area contributed by atoms with Gasteiger partial charge in [-0.1, -0.05) is 25.7 Å². The second-order valence-electron chi connectivity index (χ2n) is 6.62. The van der Waals surface area contributed by atoms with Gasteiger partial charge in [-0.2, -0.15) is 0 Å². The van der Waals surface area contributed by atoms with E-state index in [9.17, 15) is 4.79 Å². The number of aromatic nitrogens is 1. The fourth-order valence-electron chi connectivity index (χ4n) is 3.56. The third-order valence-electron chi connectivity index (χ3n) is 4.85. The van der Waals surface area contributed by atoms with E-state index in [2.05, 4.69) is 10.3 Å². The van der Waals surface area contributed by atoms with E-state index in [0.717, 1.165) is 31.6 Å². The van der Waals surface area contributed by atoms with Crippen molar-refractivity contribution < 1.29 is 4.79 Å². The highest BCUT2D eigenvalue weighted by Gasteiger charge is 2.20. The lowest BCUT2D eigenvalue weighted by molar-refractivity contribution is 0.0718. The Labute approximate surface area is 133 Å². The minimum absolute atomic E-state index is 0.0872. The zero-order chi connectivity index (χ0) is 15.2. The first-order valence-corrected chi connectivity index (χ1v) is 8.85. The SMILES string of the molecule is O=C(c1cc(NC2CCCCCC2)ccn1)N1CCCCC1. The van der Waals surface area contributed by atoms with Crippen LogP contribution in [0, 0.1) is 0 Å². The average molecular weight is 301 g/mol. The fraction of sp³-hybridized carbons (Fsp3) is 0.667. The Balaban J connectivity index is 1.64. The molecule has 1 saturated heterocycles. The molecule has 2 aliphatic rings. The van der Waals surface area contributed by atoms with E-state index in [1.165, 1.54) is 44.9 Å². The number of rotatable bonds is 3. The smallest absolute Gasteiger partial charge is 0.272 e. The van der Waals surface area contributed by atoms with Crippen molar-refractivity contribution in [2.75, 3.05) is 18.4 Å². The molecule has 0 spiro atoms. The molecule has 3 rings (SSSR count). The summed E-state index contributed by atoms with van der Waals surface area (Å²) in [6, 6.07) is 4.46. The van der Waals surface area contributed by atoms with Crippen LogP contribution in [0.25, 0.3) is 0 Å². The van der Waals surface area contributed by atoms with E-state index in [0.29, 0.717) is 11.7 Å². The molecule has 0 bridgehead atoms. The molecule has 2 heterocycles. The number of hydrogen-bond acceptors (Lipinski definition) is 3. The number of likely N-dealkylation sites (tertiary alicyclic amines) is 1. The third-order valence-corrected chi connectivity index (χ3v) is 4.85. The summed E-state index contributed by atoms with van der Waals surface area (Å²) in [5, 5.41) is 3.61. The highest BCUT2D eigenvalue weighted by molar-refractivity contribution is 5.93. The van der Waals surface area contributed by atoms with Gasteiger partial charge in [0, 0.05) is 31.0 Å². The van der Waals surface area contributed by atoms with Crippen LogP contribution in [0.15, 0.2) is 18.3 Å². The summed E-state index contributed by atoms with van der Waals surface area (Å²) >= 11 is 0. The fourth-order valence-corrected chi connectivity index (χ4v) is 3.56. The van der Waals surface area contributed by atoms with E-state index >= 15 is 0 Å². The molecule has 4 nitrogen and oxygen atoms in total. The molecule has 22 heavy (non-hydrogen) atoms. The first-order valence-electron chi connectivity index (χ1n) is 8.85. The van der Waals surface area contributed by atoms with Gasteiger partial charge in [-0.15, -0.1) is 0 Å². The van der Waals surface area contributed by atoms with Gasteiger partial charge in [-0.25, -0.2) is 0 Å². The second-order valence-corrected chi connectivity index (χ2v) is 6.62. The summed E-state index contributed by atoms with van der Waals surface area (Å²) in [7, 11) is 0. The number of nitrogens with zero attached hydrogens (tertiary/aromatic N) is 2. The molecule has 1 saturated carbocycles. The Bertz CT molecular complexity index is 489. The lowest BCUT2D eigenvalue weighted by atomic mass is 10.1. The molecule has 0 unspecified atom stereocenters. The van der Waals surface area contributed by atoms with Crippen LogP contribution in [0.3, 0.4) is 0 Å². The van der Waals surface area contributed by atoms with Crippen molar-refractivity contribution in [3.63, 3.8) is 0 Å². The molecule has 1 aromatic heterocycles. The van der Waals surface area contributed by atoms with E-state index in [4.69, 9.17) is 0 Å². The molecule has 0 radical (unpaired) electrons. The molecule has 0 atom stereocenters. The number of nitrogens with one attached hydrogen (secondary N) is 1. The maximum Gasteiger partial charge on any atom is 0.272 e. The number of amides is 1. The van der Waals surface area contributed by atoms with Crippen LogP contribution in [-0.4, -0.2) is 34.9 Å². The molecule has 1 aliphatic heterocycles. The van der Waals surface area contributed by atoms with Crippen molar-refractivity contribution in [1.29, 1.82) is 0 Å². The van der Waals surface area contributed by atoms with Crippen molar-refractivity contribution in [3.8, 4) is 0 Å². The van der Waals surface area contributed by atoms with Crippen LogP contribution in [0.4, 0.5) is 5.69 Å². The summed E-state index contributed by atoms with van der Waals surface area (Å²) in [5.41, 5.74) is 1.63. The van der Waals surface area contributed by atoms with Crippen LogP contribution in [0.1, 0.15) is 68.3 Å². The number of carbonyl (C=O) groups is 1. The Morgan fingerprint density at radius 2 is 1.73 bits per heavy atom. The van der Waals surface area contributed by atoms with Crippen molar-refractivity contribution in [2.24, 2.45) is 0 Å². The number of carbonyl (C=O) groups excluding carboxylic acids is 1. The van der Waals surface area contributed by atoms with Gasteiger partial charge in [0.1, 0.15) is 5.69 Å². The van der Waals surface area contributed by atoms with Crippen molar-refractivity contribution in [1.82, 2.24) is 9.88 Å². The first-order chi connectivity index (χ1) is 10.8. The van der Waals surface area contributed by atoms with E-state index in [-0.39, 0.29) is 5.91 Å². The molecule has 0 aromatic carbocycles. The van der Waals surface area contributed by atoms with E-state index < -0.39 is 0 Å². The van der Waals surface area contributed by atoms with Gasteiger partial charge in [-0.05, 0) is 44.2 Å². The summed E-state index contributed by atoms with van der Waals surface area (Å²) in [4.78, 5) is 18.8. The zero-order valence-electron chi connectivity index (χ0n) is 13.4. The monoisotopic (exact) mass is 301 g/mol.